The zero-order valence-corrected chi connectivity index (χ0v) is 14.8. The molecule has 0 saturated carbocycles. The lowest BCUT2D eigenvalue weighted by atomic mass is 10.1. The number of imide groups is 1. The maximum atomic E-state index is 12.7. The molecule has 0 aliphatic carbocycles. The van der Waals surface area contributed by atoms with E-state index in [0.717, 1.165) is 16.9 Å². The zero-order chi connectivity index (χ0) is 18.0. The second-order valence-corrected chi connectivity index (χ2v) is 6.53. The van der Waals surface area contributed by atoms with Gasteiger partial charge in [-0.15, -0.1) is 0 Å². The van der Waals surface area contributed by atoms with Crippen molar-refractivity contribution in [1.82, 2.24) is 4.90 Å². The van der Waals surface area contributed by atoms with Gasteiger partial charge in [0.1, 0.15) is 6.04 Å². The SMILES string of the molecule is C[C@@H](c1ccccc1)N1C(=O)C[C@H](Nc2ccc(N(C)C)cc2)C1=O. The maximum absolute atomic E-state index is 12.7. The predicted octanol–water partition coefficient (Wildman–Crippen LogP) is 3.05. The molecule has 1 N–H and O–H groups in total. The molecule has 130 valence electrons. The summed E-state index contributed by atoms with van der Waals surface area (Å²) in [7, 11) is 3.95. The van der Waals surface area contributed by atoms with Crippen LogP contribution in [0.25, 0.3) is 0 Å². The standard InChI is InChI=1S/C20H23N3O2/c1-14(15-7-5-4-6-8-15)23-19(24)13-18(20(23)25)21-16-9-11-17(12-10-16)22(2)3/h4-12,14,18,21H,13H2,1-3H3/t14-,18-/m0/s1. The fourth-order valence-electron chi connectivity index (χ4n) is 3.11. The van der Waals surface area contributed by atoms with Crippen molar-refractivity contribution in [2.24, 2.45) is 0 Å². The van der Waals surface area contributed by atoms with Crippen LogP contribution in [0.5, 0.6) is 0 Å². The molecule has 0 spiro atoms. The molecule has 3 rings (SSSR count). The van der Waals surface area contributed by atoms with Crippen LogP contribution in [0.1, 0.15) is 24.9 Å². The first-order valence-corrected chi connectivity index (χ1v) is 8.42. The summed E-state index contributed by atoms with van der Waals surface area (Å²) in [4.78, 5) is 28.5. The second-order valence-electron chi connectivity index (χ2n) is 6.53. The van der Waals surface area contributed by atoms with Crippen LogP contribution in [0.4, 0.5) is 11.4 Å². The van der Waals surface area contributed by atoms with Gasteiger partial charge in [-0.1, -0.05) is 30.3 Å². The van der Waals surface area contributed by atoms with Crippen LogP contribution < -0.4 is 10.2 Å². The first-order chi connectivity index (χ1) is 12.0. The molecule has 25 heavy (non-hydrogen) atoms. The van der Waals surface area contributed by atoms with E-state index in [9.17, 15) is 9.59 Å². The Morgan fingerprint density at radius 1 is 1.04 bits per heavy atom. The van der Waals surface area contributed by atoms with E-state index in [4.69, 9.17) is 0 Å². The van der Waals surface area contributed by atoms with Crippen LogP contribution in [0.15, 0.2) is 54.6 Å². The Morgan fingerprint density at radius 2 is 1.68 bits per heavy atom. The van der Waals surface area contributed by atoms with Crippen molar-refractivity contribution < 1.29 is 9.59 Å². The number of hydrogen-bond acceptors (Lipinski definition) is 4. The summed E-state index contributed by atoms with van der Waals surface area (Å²) in [5, 5.41) is 3.19. The Balaban J connectivity index is 1.72. The topological polar surface area (TPSA) is 52.7 Å². The van der Waals surface area contributed by atoms with Gasteiger partial charge in [-0.25, -0.2) is 0 Å². The number of carbonyl (C=O) groups is 2. The highest BCUT2D eigenvalue weighted by atomic mass is 16.2. The molecule has 5 heteroatoms. The van der Waals surface area contributed by atoms with Gasteiger partial charge in [0, 0.05) is 25.5 Å². The van der Waals surface area contributed by atoms with Crippen LogP contribution in [-0.4, -0.2) is 36.9 Å². The largest absolute Gasteiger partial charge is 0.378 e. The number of nitrogens with zero attached hydrogens (tertiary/aromatic N) is 2. The molecule has 0 unspecified atom stereocenters. The lowest BCUT2D eigenvalue weighted by Gasteiger charge is -2.23. The number of rotatable bonds is 5. The van der Waals surface area contributed by atoms with Crippen LogP contribution in [0.3, 0.4) is 0 Å². The quantitative estimate of drug-likeness (QED) is 0.852. The van der Waals surface area contributed by atoms with Gasteiger partial charge >= 0.3 is 0 Å². The number of nitrogens with one attached hydrogen (secondary N) is 1. The summed E-state index contributed by atoms with van der Waals surface area (Å²) >= 11 is 0. The molecule has 2 aromatic carbocycles. The molecule has 1 fully saturated rings. The van der Waals surface area contributed by atoms with Gasteiger partial charge in [0.25, 0.3) is 5.91 Å². The molecular formula is C20H23N3O2. The molecule has 2 amide bonds. The van der Waals surface area contributed by atoms with Crippen molar-refractivity contribution in [2.75, 3.05) is 24.3 Å². The minimum atomic E-state index is -0.510. The molecule has 1 aliphatic heterocycles. The number of carbonyl (C=O) groups excluding carboxylic acids is 2. The minimum absolute atomic E-state index is 0.135. The summed E-state index contributed by atoms with van der Waals surface area (Å²) in [5.74, 6) is -0.304. The molecule has 0 aromatic heterocycles. The lowest BCUT2D eigenvalue weighted by molar-refractivity contribution is -0.141. The smallest absolute Gasteiger partial charge is 0.252 e. The molecule has 1 saturated heterocycles. The number of likely N-dealkylation sites (tertiary alicyclic amines) is 1. The van der Waals surface area contributed by atoms with Crippen molar-refractivity contribution in [3.63, 3.8) is 0 Å². The van der Waals surface area contributed by atoms with Gasteiger partial charge < -0.3 is 10.2 Å². The van der Waals surface area contributed by atoms with Gasteiger partial charge in [-0.3, -0.25) is 14.5 Å². The van der Waals surface area contributed by atoms with E-state index < -0.39 is 6.04 Å². The second kappa shape index (κ2) is 6.97. The monoisotopic (exact) mass is 337 g/mol. The summed E-state index contributed by atoms with van der Waals surface area (Å²) in [6, 6.07) is 16.7. The Morgan fingerprint density at radius 3 is 2.28 bits per heavy atom. The molecule has 1 aliphatic rings. The average molecular weight is 337 g/mol. The Bertz CT molecular complexity index is 756. The first kappa shape index (κ1) is 17.0. The van der Waals surface area contributed by atoms with Gasteiger partial charge in [-0.05, 0) is 36.8 Å². The number of hydrogen-bond donors (Lipinski definition) is 1. The van der Waals surface area contributed by atoms with Crippen molar-refractivity contribution >= 4 is 23.2 Å². The van der Waals surface area contributed by atoms with Crippen molar-refractivity contribution in [3.8, 4) is 0 Å². The van der Waals surface area contributed by atoms with Crippen molar-refractivity contribution in [2.45, 2.75) is 25.4 Å². The Labute approximate surface area is 148 Å². The van der Waals surface area contributed by atoms with Crippen LogP contribution in [0.2, 0.25) is 0 Å². The van der Waals surface area contributed by atoms with E-state index in [2.05, 4.69) is 5.32 Å². The summed E-state index contributed by atoms with van der Waals surface area (Å²) in [6.45, 7) is 1.89. The fraction of sp³-hybridized carbons (Fsp3) is 0.300. The third kappa shape index (κ3) is 3.50. The third-order valence-corrected chi connectivity index (χ3v) is 4.58. The molecule has 5 nitrogen and oxygen atoms in total. The zero-order valence-electron chi connectivity index (χ0n) is 14.8. The van der Waals surface area contributed by atoms with Crippen molar-refractivity contribution in [3.05, 3.63) is 60.2 Å². The van der Waals surface area contributed by atoms with Crippen LogP contribution in [0, 0.1) is 0 Å². The van der Waals surface area contributed by atoms with Crippen LogP contribution in [-0.2, 0) is 9.59 Å². The molecule has 2 atom stereocenters. The van der Waals surface area contributed by atoms with E-state index in [0.29, 0.717) is 0 Å². The predicted molar refractivity (Wildman–Crippen MR) is 99.5 cm³/mol. The van der Waals surface area contributed by atoms with Gasteiger partial charge in [-0.2, -0.15) is 0 Å². The Hall–Kier alpha value is -2.82. The van der Waals surface area contributed by atoms with E-state index in [1.54, 1.807) is 0 Å². The molecule has 2 aromatic rings. The Kier molecular flexibility index (Phi) is 4.74. The molecule has 1 heterocycles. The summed E-state index contributed by atoms with van der Waals surface area (Å²) in [6.07, 6.45) is 0.186. The summed E-state index contributed by atoms with van der Waals surface area (Å²) < 4.78 is 0. The van der Waals surface area contributed by atoms with Gasteiger partial charge in [0.05, 0.1) is 12.5 Å². The minimum Gasteiger partial charge on any atom is -0.378 e. The van der Waals surface area contributed by atoms with Gasteiger partial charge in [0.15, 0.2) is 0 Å². The number of anilines is 2. The highest BCUT2D eigenvalue weighted by Crippen LogP contribution is 2.28. The van der Waals surface area contributed by atoms with E-state index in [-0.39, 0.29) is 24.3 Å². The van der Waals surface area contributed by atoms with E-state index in [1.165, 1.54) is 4.90 Å². The van der Waals surface area contributed by atoms with Gasteiger partial charge in [0.2, 0.25) is 5.91 Å². The van der Waals surface area contributed by atoms with E-state index >= 15 is 0 Å². The van der Waals surface area contributed by atoms with E-state index in [1.807, 2.05) is 80.5 Å². The number of benzene rings is 2. The molecule has 0 bridgehead atoms. The maximum Gasteiger partial charge on any atom is 0.252 e. The normalized spacial score (nSPS) is 18.4. The highest BCUT2D eigenvalue weighted by Gasteiger charge is 2.41. The highest BCUT2D eigenvalue weighted by molar-refractivity contribution is 6.07. The molecule has 0 radical (unpaired) electrons. The van der Waals surface area contributed by atoms with Crippen molar-refractivity contribution in [1.29, 1.82) is 0 Å². The first-order valence-electron chi connectivity index (χ1n) is 8.42. The third-order valence-electron chi connectivity index (χ3n) is 4.58. The molecular weight excluding hydrogens is 314 g/mol. The lowest BCUT2D eigenvalue weighted by Crippen LogP contribution is -2.36. The fourth-order valence-corrected chi connectivity index (χ4v) is 3.11. The summed E-state index contributed by atoms with van der Waals surface area (Å²) in [5.41, 5.74) is 2.88. The average Bonchev–Trinajstić information content (AvgIpc) is 2.89. The van der Waals surface area contributed by atoms with Crippen LogP contribution >= 0.6 is 0 Å². The number of amides is 2.